The maximum Gasteiger partial charge on any atom is 0.327 e. The summed E-state index contributed by atoms with van der Waals surface area (Å²) in [6, 6.07) is 5.38. The van der Waals surface area contributed by atoms with E-state index in [1.54, 1.807) is 19.3 Å². The van der Waals surface area contributed by atoms with Crippen molar-refractivity contribution < 1.29 is 19.5 Å². The number of amides is 3. The molecule has 1 aliphatic heterocycles. The van der Waals surface area contributed by atoms with Crippen LogP contribution in [0.2, 0.25) is 0 Å². The molecule has 1 fully saturated rings. The molecule has 3 amide bonds. The van der Waals surface area contributed by atoms with E-state index in [0.717, 1.165) is 21.2 Å². The number of carbonyl (C=O) groups is 3. The number of β-lactam (4-membered cyclic amide) rings is 1. The maximum atomic E-state index is 12.2. The third-order valence-electron chi connectivity index (χ3n) is 3.98. The molecule has 1 aromatic carbocycles. The number of carbonyl (C=O) groups excluding carboxylic acids is 2. The van der Waals surface area contributed by atoms with Gasteiger partial charge in [-0.3, -0.25) is 9.78 Å². The zero-order valence-corrected chi connectivity index (χ0v) is 12.4. The van der Waals surface area contributed by atoms with E-state index in [9.17, 15) is 14.4 Å². The average Bonchev–Trinajstić information content (AvgIpc) is 2.51. The number of hydrogen-bond donors (Lipinski definition) is 2. The van der Waals surface area contributed by atoms with Crippen LogP contribution in [-0.4, -0.2) is 38.9 Å². The Morgan fingerprint density at radius 3 is 2.87 bits per heavy atom. The van der Waals surface area contributed by atoms with Crippen LogP contribution in [0.5, 0.6) is 0 Å². The van der Waals surface area contributed by atoms with Crippen molar-refractivity contribution >= 4 is 28.7 Å². The average molecular weight is 313 g/mol. The fourth-order valence-electron chi connectivity index (χ4n) is 2.72. The second-order valence-electron chi connectivity index (χ2n) is 5.44. The van der Waals surface area contributed by atoms with Crippen LogP contribution in [0.25, 0.3) is 10.8 Å². The van der Waals surface area contributed by atoms with E-state index in [-0.39, 0.29) is 6.42 Å². The number of aromatic nitrogens is 1. The van der Waals surface area contributed by atoms with Crippen molar-refractivity contribution in [2.24, 2.45) is 0 Å². The molecule has 1 saturated heterocycles. The van der Waals surface area contributed by atoms with Crippen LogP contribution in [0, 0.1) is 0 Å². The van der Waals surface area contributed by atoms with Crippen LogP contribution < -0.4 is 5.32 Å². The number of fused-ring (bicyclic) bond motifs is 1. The van der Waals surface area contributed by atoms with Gasteiger partial charge in [-0.1, -0.05) is 18.2 Å². The molecule has 3 rings (SSSR count). The molecule has 0 spiro atoms. The fraction of sp³-hybridized carbons (Fsp3) is 0.250. The van der Waals surface area contributed by atoms with E-state index >= 15 is 0 Å². The predicted molar refractivity (Wildman–Crippen MR) is 81.6 cm³/mol. The number of carboxylic acids is 1. The molecule has 1 aliphatic rings. The van der Waals surface area contributed by atoms with Crippen LogP contribution >= 0.6 is 0 Å². The van der Waals surface area contributed by atoms with Crippen molar-refractivity contribution in [2.75, 3.05) is 0 Å². The monoisotopic (exact) mass is 313 g/mol. The number of nitrogens with zero attached hydrogens (tertiary/aromatic N) is 2. The van der Waals surface area contributed by atoms with Crippen LogP contribution in [0.15, 0.2) is 36.7 Å². The van der Waals surface area contributed by atoms with Crippen LogP contribution in [-0.2, 0) is 9.59 Å². The number of urea groups is 1. The Bertz CT molecular complexity index is 800. The van der Waals surface area contributed by atoms with Gasteiger partial charge in [-0.2, -0.15) is 0 Å². The lowest BCUT2D eigenvalue weighted by atomic mass is 10.0. The Balaban J connectivity index is 1.81. The van der Waals surface area contributed by atoms with E-state index in [2.05, 4.69) is 10.3 Å². The summed E-state index contributed by atoms with van der Waals surface area (Å²) in [4.78, 5) is 39.5. The van der Waals surface area contributed by atoms with E-state index in [1.165, 1.54) is 0 Å². The molecule has 0 radical (unpaired) electrons. The molecule has 118 valence electrons. The normalized spacial score (nSPS) is 18.4. The lowest BCUT2D eigenvalue weighted by molar-refractivity contribution is -0.157. The van der Waals surface area contributed by atoms with Crippen LogP contribution in [0.1, 0.15) is 24.9 Å². The van der Waals surface area contributed by atoms with Gasteiger partial charge in [-0.25, -0.2) is 14.5 Å². The SMILES string of the molecule is CC(NC(=O)N1C(=O)CC1C(=O)O)c1cccc2ccncc12. The summed E-state index contributed by atoms with van der Waals surface area (Å²) in [5, 5.41) is 13.5. The first-order chi connectivity index (χ1) is 11.0. The van der Waals surface area contributed by atoms with Gasteiger partial charge in [-0.05, 0) is 23.9 Å². The Kier molecular flexibility index (Phi) is 3.69. The van der Waals surface area contributed by atoms with Gasteiger partial charge in [0, 0.05) is 17.8 Å². The first-order valence-corrected chi connectivity index (χ1v) is 7.17. The summed E-state index contributed by atoms with van der Waals surface area (Å²) in [6.45, 7) is 1.78. The molecule has 1 aromatic heterocycles. The predicted octanol–water partition coefficient (Wildman–Crippen LogP) is 1.69. The van der Waals surface area contributed by atoms with Crippen molar-refractivity contribution in [3.63, 3.8) is 0 Å². The number of imide groups is 1. The summed E-state index contributed by atoms with van der Waals surface area (Å²) in [6.07, 6.45) is 3.25. The highest BCUT2D eigenvalue weighted by atomic mass is 16.4. The minimum absolute atomic E-state index is 0.144. The number of likely N-dealkylation sites (tertiary alicyclic amines) is 1. The van der Waals surface area contributed by atoms with E-state index in [4.69, 9.17) is 5.11 Å². The second kappa shape index (κ2) is 5.68. The minimum Gasteiger partial charge on any atom is -0.480 e. The third kappa shape index (κ3) is 2.61. The van der Waals surface area contributed by atoms with Crippen molar-refractivity contribution in [1.29, 1.82) is 0 Å². The van der Waals surface area contributed by atoms with Gasteiger partial charge < -0.3 is 10.4 Å². The Morgan fingerprint density at radius 1 is 1.39 bits per heavy atom. The minimum atomic E-state index is -1.18. The van der Waals surface area contributed by atoms with Crippen LogP contribution in [0.3, 0.4) is 0 Å². The summed E-state index contributed by atoms with van der Waals surface area (Å²) in [5.74, 6) is -1.66. The summed E-state index contributed by atoms with van der Waals surface area (Å²) in [7, 11) is 0. The second-order valence-corrected chi connectivity index (χ2v) is 5.44. The van der Waals surface area contributed by atoms with Gasteiger partial charge >= 0.3 is 12.0 Å². The summed E-state index contributed by atoms with van der Waals surface area (Å²) < 4.78 is 0. The highest BCUT2D eigenvalue weighted by molar-refractivity contribution is 6.06. The van der Waals surface area contributed by atoms with Crippen LogP contribution in [0.4, 0.5) is 4.79 Å². The molecule has 7 heteroatoms. The molecular formula is C16H15N3O4. The van der Waals surface area contributed by atoms with Crippen molar-refractivity contribution in [3.05, 3.63) is 42.2 Å². The van der Waals surface area contributed by atoms with Gasteiger partial charge in [0.2, 0.25) is 5.91 Å². The van der Waals surface area contributed by atoms with Gasteiger partial charge in [0.05, 0.1) is 12.5 Å². The summed E-state index contributed by atoms with van der Waals surface area (Å²) >= 11 is 0. The van der Waals surface area contributed by atoms with Gasteiger partial charge in [-0.15, -0.1) is 0 Å². The number of aliphatic carboxylic acids is 1. The fourth-order valence-corrected chi connectivity index (χ4v) is 2.72. The Hall–Kier alpha value is -2.96. The van der Waals surface area contributed by atoms with E-state index in [0.29, 0.717) is 0 Å². The molecular weight excluding hydrogens is 298 g/mol. The zero-order chi connectivity index (χ0) is 16.6. The Morgan fingerprint density at radius 2 is 2.17 bits per heavy atom. The van der Waals surface area contributed by atoms with E-state index in [1.807, 2.05) is 24.3 Å². The molecule has 2 N–H and O–H groups in total. The number of nitrogens with one attached hydrogen (secondary N) is 1. The molecule has 7 nitrogen and oxygen atoms in total. The molecule has 0 aliphatic carbocycles. The first-order valence-electron chi connectivity index (χ1n) is 7.17. The number of pyridine rings is 1. The Labute approximate surface area is 131 Å². The largest absolute Gasteiger partial charge is 0.480 e. The number of carboxylic acid groups (broad SMARTS) is 1. The van der Waals surface area contributed by atoms with Gasteiger partial charge in [0.25, 0.3) is 0 Å². The highest BCUT2D eigenvalue weighted by Gasteiger charge is 2.45. The number of benzene rings is 1. The summed E-state index contributed by atoms with van der Waals surface area (Å²) in [5.41, 5.74) is 0.851. The molecule has 2 heterocycles. The van der Waals surface area contributed by atoms with Gasteiger partial charge in [0.1, 0.15) is 6.04 Å². The molecule has 0 bridgehead atoms. The van der Waals surface area contributed by atoms with E-state index < -0.39 is 30.0 Å². The van der Waals surface area contributed by atoms with Gasteiger partial charge in [0.15, 0.2) is 0 Å². The van der Waals surface area contributed by atoms with Crippen molar-refractivity contribution in [2.45, 2.75) is 25.4 Å². The van der Waals surface area contributed by atoms with Crippen molar-refractivity contribution in [1.82, 2.24) is 15.2 Å². The standard InChI is InChI=1S/C16H15N3O4/c1-9(11-4-2-3-10-5-6-17-8-12(10)11)18-16(23)19-13(15(21)22)7-14(19)20/h2-6,8-9,13H,7H2,1H3,(H,18,23)(H,21,22). The zero-order valence-electron chi connectivity index (χ0n) is 12.4. The molecule has 23 heavy (non-hydrogen) atoms. The molecule has 2 atom stereocenters. The van der Waals surface area contributed by atoms with Crippen molar-refractivity contribution in [3.8, 4) is 0 Å². The lowest BCUT2D eigenvalue weighted by Gasteiger charge is -2.36. The smallest absolute Gasteiger partial charge is 0.327 e. The number of rotatable bonds is 3. The third-order valence-corrected chi connectivity index (χ3v) is 3.98. The lowest BCUT2D eigenvalue weighted by Crippen LogP contribution is -2.61. The maximum absolute atomic E-state index is 12.2. The quantitative estimate of drug-likeness (QED) is 0.840. The topological polar surface area (TPSA) is 99.6 Å². The highest BCUT2D eigenvalue weighted by Crippen LogP contribution is 2.25. The molecule has 2 unspecified atom stereocenters. The molecule has 0 saturated carbocycles. The molecule has 2 aromatic rings. The first kappa shape index (κ1) is 15.0. The number of hydrogen-bond acceptors (Lipinski definition) is 4.